The smallest absolute Gasteiger partial charge is 0.133 e. The second kappa shape index (κ2) is 4.56. The van der Waals surface area contributed by atoms with Crippen molar-refractivity contribution in [1.82, 2.24) is 0 Å². The third-order valence-corrected chi connectivity index (χ3v) is 1.86. The number of methoxy groups -OCH3 is 2. The highest BCUT2D eigenvalue weighted by molar-refractivity contribution is 5.66. The van der Waals surface area contributed by atoms with Crippen LogP contribution in [0, 0.1) is 0 Å². The summed E-state index contributed by atoms with van der Waals surface area (Å²) in [7, 11) is 3.11. The van der Waals surface area contributed by atoms with Crippen LogP contribution in [0.5, 0.6) is 17.2 Å². The Morgan fingerprint density at radius 2 is 1.64 bits per heavy atom. The van der Waals surface area contributed by atoms with E-state index in [0.29, 0.717) is 11.5 Å². The summed E-state index contributed by atoms with van der Waals surface area (Å²) in [6.07, 6.45) is 3.76. The topological polar surface area (TPSA) is 38.7 Å². The van der Waals surface area contributed by atoms with Crippen LogP contribution in [-0.4, -0.2) is 19.3 Å². The number of allylic oxidation sites excluding steroid dienone is 1. The highest BCUT2D eigenvalue weighted by atomic mass is 16.5. The molecule has 3 heteroatoms. The lowest BCUT2D eigenvalue weighted by atomic mass is 10.1. The Labute approximate surface area is 83.6 Å². The molecule has 14 heavy (non-hydrogen) atoms. The van der Waals surface area contributed by atoms with E-state index in [1.165, 1.54) is 0 Å². The summed E-state index contributed by atoms with van der Waals surface area (Å²) in [6, 6.07) is 3.11. The van der Waals surface area contributed by atoms with Crippen molar-refractivity contribution in [3.63, 3.8) is 0 Å². The number of rotatable bonds is 3. The number of hydrogen-bond donors (Lipinski definition) is 1. The minimum Gasteiger partial charge on any atom is -0.508 e. The Balaban J connectivity index is 3.32. The van der Waals surface area contributed by atoms with Crippen LogP contribution in [0.2, 0.25) is 0 Å². The summed E-state index contributed by atoms with van der Waals surface area (Å²) in [6.45, 7) is 1.91. The lowest BCUT2D eigenvalue weighted by molar-refractivity contribution is 0.383. The third-order valence-electron chi connectivity index (χ3n) is 1.86. The molecular formula is C11H14O3. The van der Waals surface area contributed by atoms with Gasteiger partial charge in [-0.3, -0.25) is 0 Å². The molecule has 1 rings (SSSR count). The van der Waals surface area contributed by atoms with Gasteiger partial charge in [0, 0.05) is 12.1 Å². The van der Waals surface area contributed by atoms with Gasteiger partial charge < -0.3 is 14.6 Å². The van der Waals surface area contributed by atoms with E-state index < -0.39 is 0 Å². The molecule has 0 spiro atoms. The van der Waals surface area contributed by atoms with Crippen LogP contribution in [-0.2, 0) is 0 Å². The predicted molar refractivity (Wildman–Crippen MR) is 55.9 cm³/mol. The minimum atomic E-state index is 0.131. The Morgan fingerprint density at radius 1 is 1.14 bits per heavy atom. The summed E-state index contributed by atoms with van der Waals surface area (Å²) in [5, 5.41) is 9.36. The molecule has 0 heterocycles. The van der Waals surface area contributed by atoms with Crippen molar-refractivity contribution >= 4 is 6.08 Å². The van der Waals surface area contributed by atoms with E-state index in [0.717, 1.165) is 5.56 Å². The molecule has 0 aliphatic carbocycles. The Kier molecular flexibility index (Phi) is 3.40. The van der Waals surface area contributed by atoms with E-state index >= 15 is 0 Å². The molecule has 0 amide bonds. The minimum absolute atomic E-state index is 0.131. The first-order valence-corrected chi connectivity index (χ1v) is 4.30. The fourth-order valence-corrected chi connectivity index (χ4v) is 1.26. The summed E-state index contributed by atoms with van der Waals surface area (Å²) < 4.78 is 10.3. The second-order valence-corrected chi connectivity index (χ2v) is 2.76. The molecule has 1 aromatic carbocycles. The van der Waals surface area contributed by atoms with E-state index in [1.807, 2.05) is 19.1 Å². The van der Waals surface area contributed by atoms with Crippen LogP contribution in [0.15, 0.2) is 18.2 Å². The molecule has 76 valence electrons. The van der Waals surface area contributed by atoms with Gasteiger partial charge in [-0.2, -0.15) is 0 Å². The number of benzene rings is 1. The van der Waals surface area contributed by atoms with Gasteiger partial charge in [-0.1, -0.05) is 12.2 Å². The molecule has 0 aromatic heterocycles. The Bertz CT molecular complexity index is 317. The van der Waals surface area contributed by atoms with E-state index in [2.05, 4.69) is 0 Å². The average molecular weight is 194 g/mol. The molecular weight excluding hydrogens is 180 g/mol. The molecule has 1 aromatic rings. The van der Waals surface area contributed by atoms with E-state index in [1.54, 1.807) is 26.4 Å². The zero-order valence-electron chi connectivity index (χ0n) is 8.57. The molecule has 1 N–H and O–H groups in total. The average Bonchev–Trinajstić information content (AvgIpc) is 2.20. The number of phenols is 1. The zero-order valence-corrected chi connectivity index (χ0v) is 8.57. The summed E-state index contributed by atoms with van der Waals surface area (Å²) in [4.78, 5) is 0. The van der Waals surface area contributed by atoms with Crippen molar-refractivity contribution in [3.05, 3.63) is 23.8 Å². The van der Waals surface area contributed by atoms with Crippen molar-refractivity contribution in [3.8, 4) is 17.2 Å². The Morgan fingerprint density at radius 3 is 2.00 bits per heavy atom. The number of aromatic hydroxyl groups is 1. The van der Waals surface area contributed by atoms with Gasteiger partial charge in [-0.25, -0.2) is 0 Å². The van der Waals surface area contributed by atoms with Gasteiger partial charge in [0.15, 0.2) is 0 Å². The van der Waals surface area contributed by atoms with Gasteiger partial charge in [0.25, 0.3) is 0 Å². The lowest BCUT2D eigenvalue weighted by Gasteiger charge is -2.10. The fourth-order valence-electron chi connectivity index (χ4n) is 1.26. The monoisotopic (exact) mass is 194 g/mol. The van der Waals surface area contributed by atoms with Crippen LogP contribution in [0.25, 0.3) is 6.08 Å². The third kappa shape index (κ3) is 1.99. The zero-order chi connectivity index (χ0) is 10.6. The second-order valence-electron chi connectivity index (χ2n) is 2.76. The number of phenolic OH excluding ortho intramolecular Hbond substituents is 1. The van der Waals surface area contributed by atoms with Crippen molar-refractivity contribution in [1.29, 1.82) is 0 Å². The standard InChI is InChI=1S/C11H14O3/c1-4-5-9-10(13-2)6-8(12)7-11(9)14-3/h4-7,12H,1-3H3/b5-4+. The SMILES string of the molecule is C/C=C/c1c(OC)cc(O)cc1OC. The summed E-state index contributed by atoms with van der Waals surface area (Å²) >= 11 is 0. The van der Waals surface area contributed by atoms with Crippen molar-refractivity contribution in [2.45, 2.75) is 6.92 Å². The van der Waals surface area contributed by atoms with Gasteiger partial charge in [0.1, 0.15) is 17.2 Å². The van der Waals surface area contributed by atoms with Crippen molar-refractivity contribution in [2.24, 2.45) is 0 Å². The molecule has 0 bridgehead atoms. The predicted octanol–water partition coefficient (Wildman–Crippen LogP) is 2.44. The van der Waals surface area contributed by atoms with Crippen molar-refractivity contribution < 1.29 is 14.6 Å². The first kappa shape index (κ1) is 10.4. The van der Waals surface area contributed by atoms with E-state index in [9.17, 15) is 5.11 Å². The highest BCUT2D eigenvalue weighted by Crippen LogP contribution is 2.34. The summed E-state index contributed by atoms with van der Waals surface area (Å²) in [5.41, 5.74) is 0.829. The number of ether oxygens (including phenoxy) is 2. The maximum atomic E-state index is 9.36. The molecule has 0 aliphatic rings. The first-order chi connectivity index (χ1) is 6.72. The molecule has 0 fully saturated rings. The van der Waals surface area contributed by atoms with Crippen molar-refractivity contribution in [2.75, 3.05) is 14.2 Å². The van der Waals surface area contributed by atoms with E-state index in [4.69, 9.17) is 9.47 Å². The normalized spacial score (nSPS) is 10.5. The van der Waals surface area contributed by atoms with Crippen LogP contribution >= 0.6 is 0 Å². The molecule has 0 saturated heterocycles. The quantitative estimate of drug-likeness (QED) is 0.803. The maximum absolute atomic E-state index is 9.36. The van der Waals surface area contributed by atoms with Crippen LogP contribution in [0.4, 0.5) is 0 Å². The molecule has 0 atom stereocenters. The van der Waals surface area contributed by atoms with Gasteiger partial charge in [0.05, 0.1) is 19.8 Å². The molecule has 0 saturated carbocycles. The van der Waals surface area contributed by atoms with E-state index in [-0.39, 0.29) is 5.75 Å². The Hall–Kier alpha value is -1.64. The molecule has 3 nitrogen and oxygen atoms in total. The van der Waals surface area contributed by atoms with Gasteiger partial charge >= 0.3 is 0 Å². The highest BCUT2D eigenvalue weighted by Gasteiger charge is 2.08. The largest absolute Gasteiger partial charge is 0.508 e. The number of hydrogen-bond acceptors (Lipinski definition) is 3. The van der Waals surface area contributed by atoms with Crippen LogP contribution in [0.1, 0.15) is 12.5 Å². The lowest BCUT2D eigenvalue weighted by Crippen LogP contribution is -1.92. The molecule has 0 aliphatic heterocycles. The van der Waals surface area contributed by atoms with Crippen LogP contribution in [0.3, 0.4) is 0 Å². The molecule has 0 unspecified atom stereocenters. The van der Waals surface area contributed by atoms with Gasteiger partial charge in [-0.05, 0) is 6.92 Å². The van der Waals surface area contributed by atoms with Crippen LogP contribution < -0.4 is 9.47 Å². The fraction of sp³-hybridized carbons (Fsp3) is 0.273. The van der Waals surface area contributed by atoms with Gasteiger partial charge in [0.2, 0.25) is 0 Å². The molecule has 0 radical (unpaired) electrons. The summed E-state index contributed by atoms with van der Waals surface area (Å²) in [5.74, 6) is 1.33. The van der Waals surface area contributed by atoms with Gasteiger partial charge in [-0.15, -0.1) is 0 Å². The first-order valence-electron chi connectivity index (χ1n) is 4.30. The maximum Gasteiger partial charge on any atom is 0.133 e.